The predicted octanol–water partition coefficient (Wildman–Crippen LogP) is -0.148. The summed E-state index contributed by atoms with van der Waals surface area (Å²) in [7, 11) is 0. The van der Waals surface area contributed by atoms with Crippen LogP contribution in [0.25, 0.3) is 0 Å². The van der Waals surface area contributed by atoms with E-state index in [0.29, 0.717) is 18.1 Å². The van der Waals surface area contributed by atoms with E-state index in [1.807, 2.05) is 0 Å². The molecule has 7 nitrogen and oxygen atoms in total. The molecule has 0 radical (unpaired) electrons. The largest absolute Gasteiger partial charge is 0.480 e. The molecule has 1 unspecified atom stereocenters. The quantitative estimate of drug-likeness (QED) is 0.666. The number of carboxylic acids is 1. The lowest BCUT2D eigenvalue weighted by molar-refractivity contribution is -0.141. The van der Waals surface area contributed by atoms with Gasteiger partial charge in [-0.1, -0.05) is 0 Å². The Labute approximate surface area is 115 Å². The molecule has 1 heterocycles. The van der Waals surface area contributed by atoms with Crippen molar-refractivity contribution in [1.29, 1.82) is 0 Å². The molecule has 8 heteroatoms. The van der Waals surface area contributed by atoms with E-state index >= 15 is 0 Å². The van der Waals surface area contributed by atoms with E-state index in [1.165, 1.54) is 16.7 Å². The number of nitrogens with zero attached hydrogens (tertiary/aromatic N) is 1. The van der Waals surface area contributed by atoms with E-state index in [1.54, 1.807) is 13.8 Å². The molecule has 0 saturated carbocycles. The molecule has 1 atom stereocenters. The molecule has 0 spiro atoms. The standard InChI is InChI=1S/C11H19N3O4S/c1-11(2,5-8(12)15)13-10(18)14-3-4-19-6-7(14)9(16)17/h7H,3-6H2,1-2H3,(H2,12,15)(H,13,18)(H,16,17). The summed E-state index contributed by atoms with van der Waals surface area (Å²) in [5.41, 5.74) is 4.31. The molecule has 3 amide bonds. The Morgan fingerprint density at radius 1 is 1.47 bits per heavy atom. The van der Waals surface area contributed by atoms with Crippen molar-refractivity contribution in [1.82, 2.24) is 10.2 Å². The average Bonchev–Trinajstić information content (AvgIpc) is 2.26. The highest BCUT2D eigenvalue weighted by atomic mass is 32.2. The lowest BCUT2D eigenvalue weighted by atomic mass is 10.0. The van der Waals surface area contributed by atoms with E-state index in [4.69, 9.17) is 10.8 Å². The zero-order chi connectivity index (χ0) is 14.6. The molecule has 0 aromatic heterocycles. The second-order valence-electron chi connectivity index (χ2n) is 5.08. The number of aliphatic carboxylic acids is 1. The molecule has 4 N–H and O–H groups in total. The summed E-state index contributed by atoms with van der Waals surface area (Å²) in [6.07, 6.45) is -0.000925. The number of hydrogen-bond acceptors (Lipinski definition) is 4. The van der Waals surface area contributed by atoms with Gasteiger partial charge in [-0.2, -0.15) is 11.8 Å². The zero-order valence-corrected chi connectivity index (χ0v) is 11.8. The normalized spacial score (nSPS) is 19.9. The summed E-state index contributed by atoms with van der Waals surface area (Å²) >= 11 is 1.50. The van der Waals surface area contributed by atoms with Crippen molar-refractivity contribution in [2.75, 3.05) is 18.1 Å². The third-order valence-corrected chi connectivity index (χ3v) is 3.76. The number of urea groups is 1. The van der Waals surface area contributed by atoms with Crippen LogP contribution >= 0.6 is 11.8 Å². The number of nitrogens with one attached hydrogen (secondary N) is 1. The summed E-state index contributed by atoms with van der Waals surface area (Å²) in [5.74, 6) is -0.462. The minimum absolute atomic E-state index is 0.000925. The van der Waals surface area contributed by atoms with Gasteiger partial charge in [0, 0.05) is 30.0 Å². The Morgan fingerprint density at radius 3 is 2.63 bits per heavy atom. The van der Waals surface area contributed by atoms with Crippen molar-refractivity contribution < 1.29 is 19.5 Å². The number of carbonyl (C=O) groups excluding carboxylic acids is 2. The van der Waals surface area contributed by atoms with Crippen LogP contribution in [0.15, 0.2) is 0 Å². The van der Waals surface area contributed by atoms with E-state index in [2.05, 4.69) is 5.32 Å². The van der Waals surface area contributed by atoms with Crippen LogP contribution in [-0.4, -0.2) is 57.5 Å². The van der Waals surface area contributed by atoms with E-state index < -0.39 is 29.5 Å². The maximum Gasteiger partial charge on any atom is 0.327 e. The van der Waals surface area contributed by atoms with Crippen LogP contribution in [0.3, 0.4) is 0 Å². The second-order valence-corrected chi connectivity index (χ2v) is 6.23. The van der Waals surface area contributed by atoms with Gasteiger partial charge in [-0.25, -0.2) is 9.59 Å². The van der Waals surface area contributed by atoms with Gasteiger partial charge < -0.3 is 21.1 Å². The van der Waals surface area contributed by atoms with Crippen molar-refractivity contribution in [2.24, 2.45) is 5.73 Å². The average molecular weight is 289 g/mol. The number of primary amides is 1. The van der Waals surface area contributed by atoms with Crippen LogP contribution in [0.2, 0.25) is 0 Å². The van der Waals surface area contributed by atoms with Crippen LogP contribution in [0.1, 0.15) is 20.3 Å². The van der Waals surface area contributed by atoms with Crippen molar-refractivity contribution >= 4 is 29.7 Å². The number of rotatable bonds is 4. The van der Waals surface area contributed by atoms with Gasteiger partial charge in [0.1, 0.15) is 6.04 Å². The van der Waals surface area contributed by atoms with Crippen LogP contribution in [0.5, 0.6) is 0 Å². The lowest BCUT2D eigenvalue weighted by Crippen LogP contribution is -2.58. The molecule has 1 fully saturated rings. The number of amides is 3. The monoisotopic (exact) mass is 289 g/mol. The molecule has 0 bridgehead atoms. The Bertz CT molecular complexity index is 386. The number of carboxylic acid groups (broad SMARTS) is 1. The van der Waals surface area contributed by atoms with Gasteiger partial charge in [-0.05, 0) is 13.8 Å². The maximum atomic E-state index is 12.1. The highest BCUT2D eigenvalue weighted by Gasteiger charge is 2.34. The molecule has 0 aromatic carbocycles. The van der Waals surface area contributed by atoms with Crippen LogP contribution < -0.4 is 11.1 Å². The van der Waals surface area contributed by atoms with Gasteiger partial charge in [0.25, 0.3) is 0 Å². The minimum Gasteiger partial charge on any atom is -0.480 e. The summed E-state index contributed by atoms with van der Waals surface area (Å²) in [6, 6.07) is -1.30. The predicted molar refractivity (Wildman–Crippen MR) is 71.9 cm³/mol. The van der Waals surface area contributed by atoms with Crippen LogP contribution in [0, 0.1) is 0 Å². The van der Waals surface area contributed by atoms with Gasteiger partial charge in [0.05, 0.1) is 0 Å². The Kier molecular flexibility index (Phi) is 5.04. The highest BCUT2D eigenvalue weighted by molar-refractivity contribution is 7.99. The third-order valence-electron chi connectivity index (χ3n) is 2.74. The van der Waals surface area contributed by atoms with Gasteiger partial charge in [-0.3, -0.25) is 4.79 Å². The Hall–Kier alpha value is -1.44. The first-order valence-electron chi connectivity index (χ1n) is 5.90. The molecule has 1 aliphatic rings. The van der Waals surface area contributed by atoms with Crippen LogP contribution in [0.4, 0.5) is 4.79 Å². The van der Waals surface area contributed by atoms with Gasteiger partial charge >= 0.3 is 12.0 Å². The lowest BCUT2D eigenvalue weighted by Gasteiger charge is -2.35. The first kappa shape index (κ1) is 15.6. The number of hydrogen-bond donors (Lipinski definition) is 3. The molecule has 0 aliphatic carbocycles. The zero-order valence-electron chi connectivity index (χ0n) is 11.0. The summed E-state index contributed by atoms with van der Waals surface area (Å²) in [6.45, 7) is 3.72. The Morgan fingerprint density at radius 2 is 2.11 bits per heavy atom. The van der Waals surface area contributed by atoms with Crippen molar-refractivity contribution in [3.8, 4) is 0 Å². The third kappa shape index (κ3) is 4.62. The van der Waals surface area contributed by atoms with Crippen molar-refractivity contribution in [2.45, 2.75) is 31.8 Å². The number of carbonyl (C=O) groups is 3. The topological polar surface area (TPSA) is 113 Å². The minimum atomic E-state index is -1.02. The first-order valence-corrected chi connectivity index (χ1v) is 7.06. The fourth-order valence-electron chi connectivity index (χ4n) is 1.89. The molecule has 1 saturated heterocycles. The molecule has 1 rings (SSSR count). The van der Waals surface area contributed by atoms with E-state index in [9.17, 15) is 14.4 Å². The molecule has 19 heavy (non-hydrogen) atoms. The number of thioether (sulfide) groups is 1. The molecular weight excluding hydrogens is 270 g/mol. The summed E-state index contributed by atoms with van der Waals surface area (Å²) in [5, 5.41) is 11.7. The highest BCUT2D eigenvalue weighted by Crippen LogP contribution is 2.18. The molecule has 0 aromatic rings. The fourth-order valence-corrected chi connectivity index (χ4v) is 2.93. The molecular formula is C11H19N3O4S. The Balaban J connectivity index is 2.70. The van der Waals surface area contributed by atoms with E-state index in [0.717, 1.165) is 0 Å². The van der Waals surface area contributed by atoms with Crippen molar-refractivity contribution in [3.05, 3.63) is 0 Å². The molecule has 108 valence electrons. The van der Waals surface area contributed by atoms with Gasteiger partial charge in [0.15, 0.2) is 0 Å². The maximum absolute atomic E-state index is 12.1. The van der Waals surface area contributed by atoms with Gasteiger partial charge in [-0.15, -0.1) is 0 Å². The van der Waals surface area contributed by atoms with Crippen LogP contribution in [-0.2, 0) is 9.59 Å². The van der Waals surface area contributed by atoms with Crippen molar-refractivity contribution in [3.63, 3.8) is 0 Å². The summed E-state index contributed by atoms with van der Waals surface area (Å²) < 4.78 is 0. The summed E-state index contributed by atoms with van der Waals surface area (Å²) in [4.78, 5) is 35.4. The number of nitrogens with two attached hydrogens (primary N) is 1. The SMILES string of the molecule is CC(C)(CC(N)=O)NC(=O)N1CCSCC1C(=O)O. The fraction of sp³-hybridized carbons (Fsp3) is 0.727. The first-order chi connectivity index (χ1) is 8.73. The smallest absolute Gasteiger partial charge is 0.327 e. The molecule has 1 aliphatic heterocycles. The van der Waals surface area contributed by atoms with Gasteiger partial charge in [0.2, 0.25) is 5.91 Å². The van der Waals surface area contributed by atoms with E-state index in [-0.39, 0.29) is 6.42 Å². The second kappa shape index (κ2) is 6.14.